The highest BCUT2D eigenvalue weighted by molar-refractivity contribution is 6.11. The number of aromatic nitrogens is 2. The van der Waals surface area contributed by atoms with Gasteiger partial charge in [0.15, 0.2) is 0 Å². The van der Waals surface area contributed by atoms with Crippen LogP contribution in [0.15, 0.2) is 152 Å². The average molecular weight is 636 g/mol. The molecule has 0 aliphatic heterocycles. The van der Waals surface area contributed by atoms with Gasteiger partial charge in [0.05, 0.1) is 62.7 Å². The maximum absolute atomic E-state index is 10.3. The number of rotatable bonds is 4. The van der Waals surface area contributed by atoms with Crippen LogP contribution in [-0.4, -0.2) is 9.13 Å². The Bertz CT molecular complexity index is 2920. The zero-order valence-corrected chi connectivity index (χ0v) is 26.7. The molecule has 0 fully saturated rings. The van der Waals surface area contributed by atoms with Crippen LogP contribution >= 0.6 is 0 Å². The smallest absolute Gasteiger partial charge is 0.0992 e. The Balaban J connectivity index is 1.32. The molecule has 0 unspecified atom stereocenters. The molecule has 0 spiro atoms. The molecule has 0 aliphatic rings. The van der Waals surface area contributed by atoms with Gasteiger partial charge in [-0.3, -0.25) is 0 Å². The molecule has 0 saturated carbocycles. The van der Waals surface area contributed by atoms with Crippen molar-refractivity contribution in [2.45, 2.75) is 0 Å². The summed E-state index contributed by atoms with van der Waals surface area (Å²) in [5.41, 5.74) is 11.2. The molecule has 5 nitrogen and oxygen atoms in total. The van der Waals surface area contributed by atoms with E-state index in [1.165, 1.54) is 0 Å². The molecule has 9 rings (SSSR count). The number of fused-ring (bicyclic) bond motifs is 6. The monoisotopic (exact) mass is 635 g/mol. The molecule has 9 aromatic rings. The van der Waals surface area contributed by atoms with E-state index in [2.05, 4.69) is 81.9 Å². The summed E-state index contributed by atoms with van der Waals surface area (Å²) >= 11 is 0. The zero-order valence-electron chi connectivity index (χ0n) is 26.7. The van der Waals surface area contributed by atoms with Gasteiger partial charge in [0.25, 0.3) is 0 Å². The summed E-state index contributed by atoms with van der Waals surface area (Å²) in [7, 11) is 0. The molecule has 0 radical (unpaired) electrons. The molecule has 0 saturated heterocycles. The van der Waals surface area contributed by atoms with Crippen molar-refractivity contribution < 1.29 is 0 Å². The van der Waals surface area contributed by atoms with Crippen molar-refractivity contribution in [2.24, 2.45) is 0 Å². The van der Waals surface area contributed by atoms with Gasteiger partial charge in [-0.05, 0) is 89.5 Å². The molecular formula is C45H25N5. The Morgan fingerprint density at radius 1 is 0.360 bits per heavy atom. The average Bonchev–Trinajstić information content (AvgIpc) is 3.70. The van der Waals surface area contributed by atoms with Crippen LogP contribution in [-0.2, 0) is 0 Å². The van der Waals surface area contributed by atoms with Crippen LogP contribution in [0.3, 0.4) is 0 Å². The van der Waals surface area contributed by atoms with E-state index in [9.17, 15) is 15.8 Å². The second-order valence-corrected chi connectivity index (χ2v) is 12.3. The fourth-order valence-electron chi connectivity index (χ4n) is 7.45. The second-order valence-electron chi connectivity index (χ2n) is 12.3. The molecule has 0 aliphatic carbocycles. The molecule has 50 heavy (non-hydrogen) atoms. The lowest BCUT2D eigenvalue weighted by atomic mass is 9.91. The summed E-state index contributed by atoms with van der Waals surface area (Å²) in [6.07, 6.45) is 0. The van der Waals surface area contributed by atoms with Crippen molar-refractivity contribution in [1.29, 1.82) is 15.8 Å². The van der Waals surface area contributed by atoms with Gasteiger partial charge < -0.3 is 9.13 Å². The maximum Gasteiger partial charge on any atom is 0.0992 e. The standard InChI is InChI=1S/C45H25N5/c46-26-29-17-19-34(35-9-1-7-15-43(35)50-44-16-8-4-12-38(44)40-24-30(27-47)18-20-45(40)50)39(23-29)32-21-31(28-48)22-33(25-32)49-41-13-5-2-10-36(41)37-11-3-6-14-42(37)49/h1-25H. The van der Waals surface area contributed by atoms with Crippen molar-refractivity contribution in [3.05, 3.63) is 168 Å². The van der Waals surface area contributed by atoms with E-state index in [0.717, 1.165) is 77.2 Å². The van der Waals surface area contributed by atoms with Crippen molar-refractivity contribution in [3.63, 3.8) is 0 Å². The predicted molar refractivity (Wildman–Crippen MR) is 200 cm³/mol. The minimum Gasteiger partial charge on any atom is -0.309 e. The lowest BCUT2D eigenvalue weighted by Gasteiger charge is -2.18. The van der Waals surface area contributed by atoms with Gasteiger partial charge in [-0.25, -0.2) is 0 Å². The fraction of sp³-hybridized carbons (Fsp3) is 0. The van der Waals surface area contributed by atoms with Crippen LogP contribution in [0.25, 0.3) is 77.2 Å². The van der Waals surface area contributed by atoms with Crippen LogP contribution in [0.4, 0.5) is 0 Å². The SMILES string of the molecule is N#Cc1cc(-c2cc(C#N)ccc2-c2ccccc2-n2c3ccccc3c3cc(C#N)ccc32)cc(-n2c3ccccc3c3ccccc32)c1. The van der Waals surface area contributed by atoms with Gasteiger partial charge in [-0.1, -0.05) is 78.9 Å². The zero-order chi connectivity index (χ0) is 33.8. The lowest BCUT2D eigenvalue weighted by molar-refractivity contribution is 1.18. The molecule has 0 atom stereocenters. The minimum absolute atomic E-state index is 0.525. The molecule has 230 valence electrons. The first-order chi connectivity index (χ1) is 24.7. The Labute approximate surface area is 287 Å². The third-order valence-electron chi connectivity index (χ3n) is 9.58. The summed E-state index contributed by atoms with van der Waals surface area (Å²) in [5, 5.41) is 34.4. The van der Waals surface area contributed by atoms with E-state index in [1.54, 1.807) is 0 Å². The van der Waals surface area contributed by atoms with Crippen LogP contribution in [0.1, 0.15) is 16.7 Å². The summed E-state index contributed by atoms with van der Waals surface area (Å²) in [4.78, 5) is 0. The number of para-hydroxylation sites is 4. The topological polar surface area (TPSA) is 81.2 Å². The van der Waals surface area contributed by atoms with E-state index >= 15 is 0 Å². The number of hydrogen-bond acceptors (Lipinski definition) is 3. The first-order valence-corrected chi connectivity index (χ1v) is 16.3. The van der Waals surface area contributed by atoms with Crippen molar-refractivity contribution in [1.82, 2.24) is 9.13 Å². The normalized spacial score (nSPS) is 11.1. The molecule has 2 heterocycles. The maximum atomic E-state index is 10.3. The van der Waals surface area contributed by atoms with Gasteiger partial charge in [-0.2, -0.15) is 15.8 Å². The minimum atomic E-state index is 0.525. The molecule has 0 amide bonds. The summed E-state index contributed by atoms with van der Waals surface area (Å²) in [6.45, 7) is 0. The van der Waals surface area contributed by atoms with Crippen molar-refractivity contribution in [3.8, 4) is 51.8 Å². The van der Waals surface area contributed by atoms with Gasteiger partial charge in [0.2, 0.25) is 0 Å². The highest BCUT2D eigenvalue weighted by Crippen LogP contribution is 2.41. The number of hydrogen-bond donors (Lipinski definition) is 0. The Hall–Kier alpha value is -7.39. The van der Waals surface area contributed by atoms with E-state index in [0.29, 0.717) is 16.7 Å². The first-order valence-electron chi connectivity index (χ1n) is 16.3. The van der Waals surface area contributed by atoms with Gasteiger partial charge in [0.1, 0.15) is 0 Å². The van der Waals surface area contributed by atoms with E-state index in [4.69, 9.17) is 0 Å². The number of nitrogens with zero attached hydrogens (tertiary/aromatic N) is 5. The highest BCUT2D eigenvalue weighted by Gasteiger charge is 2.20. The predicted octanol–water partition coefficient (Wildman–Crippen LogP) is 10.8. The molecule has 2 aromatic heterocycles. The first kappa shape index (κ1) is 28.8. The van der Waals surface area contributed by atoms with Crippen LogP contribution in [0.5, 0.6) is 0 Å². The third kappa shape index (κ3) is 4.38. The third-order valence-corrected chi connectivity index (χ3v) is 9.58. The highest BCUT2D eigenvalue weighted by atomic mass is 15.0. The van der Waals surface area contributed by atoms with E-state index in [-0.39, 0.29) is 0 Å². The Morgan fingerprint density at radius 2 is 0.900 bits per heavy atom. The Kier molecular flexibility index (Phi) is 6.56. The molecule has 7 aromatic carbocycles. The fourth-order valence-corrected chi connectivity index (χ4v) is 7.45. The number of benzene rings is 7. The van der Waals surface area contributed by atoms with Crippen molar-refractivity contribution in [2.75, 3.05) is 0 Å². The molecule has 0 N–H and O–H groups in total. The Morgan fingerprint density at radius 3 is 1.58 bits per heavy atom. The van der Waals surface area contributed by atoms with Gasteiger partial charge >= 0.3 is 0 Å². The quantitative estimate of drug-likeness (QED) is 0.193. The molecule has 0 bridgehead atoms. The second kappa shape index (κ2) is 11.4. The van der Waals surface area contributed by atoms with Crippen LogP contribution in [0.2, 0.25) is 0 Å². The summed E-state index contributed by atoms with van der Waals surface area (Å²) in [6, 6.07) is 57.7. The van der Waals surface area contributed by atoms with E-state index in [1.807, 2.05) is 97.1 Å². The van der Waals surface area contributed by atoms with Gasteiger partial charge in [0, 0.05) is 32.8 Å². The summed E-state index contributed by atoms with van der Waals surface area (Å²) in [5.74, 6) is 0. The molecular weight excluding hydrogens is 611 g/mol. The molecule has 5 heteroatoms. The van der Waals surface area contributed by atoms with Crippen molar-refractivity contribution >= 4 is 43.6 Å². The largest absolute Gasteiger partial charge is 0.309 e. The van der Waals surface area contributed by atoms with E-state index < -0.39 is 0 Å². The lowest BCUT2D eigenvalue weighted by Crippen LogP contribution is -1.99. The van der Waals surface area contributed by atoms with Crippen LogP contribution in [0, 0.1) is 34.0 Å². The van der Waals surface area contributed by atoms with Gasteiger partial charge in [-0.15, -0.1) is 0 Å². The number of nitriles is 3. The summed E-state index contributed by atoms with van der Waals surface area (Å²) < 4.78 is 4.46. The van der Waals surface area contributed by atoms with Crippen LogP contribution < -0.4 is 0 Å².